The molecule has 0 heterocycles. The molecule has 4 N–H and O–H groups in total. The summed E-state index contributed by atoms with van der Waals surface area (Å²) >= 11 is 0. The lowest BCUT2D eigenvalue weighted by Gasteiger charge is -2.03. The highest BCUT2D eigenvalue weighted by Gasteiger charge is 2.14. The average molecular weight is 324 g/mol. The Morgan fingerprint density at radius 1 is 0.667 bits per heavy atom. The van der Waals surface area contributed by atoms with Crippen LogP contribution in [-0.2, 0) is 0 Å². The fraction of sp³-hybridized carbons (Fsp3) is 0.125. The second-order valence-electron chi connectivity index (χ2n) is 5.08. The zero-order valence-corrected chi connectivity index (χ0v) is 13.0. The van der Waals surface area contributed by atoms with Crippen LogP contribution in [0.25, 0.3) is 0 Å². The summed E-state index contributed by atoms with van der Waals surface area (Å²) in [6.45, 7) is 0.854. The van der Waals surface area contributed by atoms with Crippen LogP contribution in [0.3, 0.4) is 0 Å². The van der Waals surface area contributed by atoms with Crippen LogP contribution in [0.5, 0.6) is 0 Å². The third kappa shape index (κ3) is 5.14. The van der Waals surface area contributed by atoms with E-state index in [0.717, 1.165) is 0 Å². The molecular formula is C16H18B2N2O4. The van der Waals surface area contributed by atoms with Gasteiger partial charge in [-0.3, -0.25) is 9.98 Å². The number of aliphatic imine (C=N–C) groups is 2. The highest BCUT2D eigenvalue weighted by molar-refractivity contribution is 6.60. The molecule has 0 bridgehead atoms. The normalized spacial score (nSPS) is 11.3. The van der Waals surface area contributed by atoms with Gasteiger partial charge in [0.15, 0.2) is 0 Å². The first-order valence-electron chi connectivity index (χ1n) is 7.49. The molecular weight excluding hydrogens is 306 g/mol. The molecule has 24 heavy (non-hydrogen) atoms. The average Bonchev–Trinajstić information content (AvgIpc) is 2.58. The van der Waals surface area contributed by atoms with Crippen molar-refractivity contribution in [1.82, 2.24) is 0 Å². The fourth-order valence-electron chi connectivity index (χ4n) is 2.17. The molecule has 0 aromatic heterocycles. The molecule has 2 aromatic rings. The van der Waals surface area contributed by atoms with E-state index in [2.05, 4.69) is 9.98 Å². The lowest BCUT2D eigenvalue weighted by atomic mass is 9.77. The van der Waals surface area contributed by atoms with Gasteiger partial charge in [-0.15, -0.1) is 0 Å². The van der Waals surface area contributed by atoms with Crippen molar-refractivity contribution in [3.8, 4) is 0 Å². The summed E-state index contributed by atoms with van der Waals surface area (Å²) in [4.78, 5) is 8.43. The highest BCUT2D eigenvalue weighted by Crippen LogP contribution is 1.95. The Bertz CT molecular complexity index is 659. The maximum atomic E-state index is 9.27. The quantitative estimate of drug-likeness (QED) is 0.285. The van der Waals surface area contributed by atoms with E-state index >= 15 is 0 Å². The molecule has 0 spiro atoms. The molecule has 0 aliphatic carbocycles. The summed E-state index contributed by atoms with van der Waals surface area (Å²) in [6, 6.07) is 13.8. The Labute approximate surface area is 141 Å². The lowest BCUT2D eigenvalue weighted by molar-refractivity contribution is 0.424. The zero-order chi connectivity index (χ0) is 17.4. The van der Waals surface area contributed by atoms with E-state index in [-0.39, 0.29) is 0 Å². The molecule has 0 radical (unpaired) electrons. The maximum Gasteiger partial charge on any atom is 0.489 e. The van der Waals surface area contributed by atoms with Gasteiger partial charge in [-0.05, 0) is 22.1 Å². The zero-order valence-electron chi connectivity index (χ0n) is 13.0. The number of hydrogen-bond acceptors (Lipinski definition) is 6. The molecule has 0 aliphatic heterocycles. The van der Waals surface area contributed by atoms with Crippen molar-refractivity contribution in [2.75, 3.05) is 13.1 Å². The van der Waals surface area contributed by atoms with Crippen LogP contribution in [0.1, 0.15) is 11.1 Å². The van der Waals surface area contributed by atoms with Gasteiger partial charge in [-0.2, -0.15) is 0 Å². The lowest BCUT2D eigenvalue weighted by Crippen LogP contribution is -2.32. The first-order chi connectivity index (χ1) is 11.6. The van der Waals surface area contributed by atoms with Crippen LogP contribution in [0.2, 0.25) is 0 Å². The Kier molecular flexibility index (Phi) is 6.89. The van der Waals surface area contributed by atoms with Crippen molar-refractivity contribution < 1.29 is 20.1 Å². The molecule has 122 valence electrons. The molecule has 0 atom stereocenters. The Morgan fingerprint density at radius 2 is 1.04 bits per heavy atom. The van der Waals surface area contributed by atoms with Crippen molar-refractivity contribution in [3.63, 3.8) is 0 Å². The van der Waals surface area contributed by atoms with Gasteiger partial charge in [0.25, 0.3) is 0 Å². The van der Waals surface area contributed by atoms with Gasteiger partial charge < -0.3 is 20.1 Å². The Morgan fingerprint density at radius 3 is 1.42 bits per heavy atom. The van der Waals surface area contributed by atoms with Crippen LogP contribution < -0.4 is 10.9 Å². The molecule has 0 aliphatic rings. The minimum Gasteiger partial charge on any atom is -0.423 e. The standard InChI is InChI=1S/C16H18B2N2O4/c21-17(22)15-7-3-1-5-13(15)11-19-9-10-20-12-14-6-2-4-8-16(14)18(23)24/h1-8,11-12,21-24H,9-10H2. The first-order valence-corrected chi connectivity index (χ1v) is 7.49. The maximum absolute atomic E-state index is 9.27. The molecule has 8 heteroatoms. The van der Waals surface area contributed by atoms with E-state index in [0.29, 0.717) is 35.1 Å². The third-order valence-corrected chi connectivity index (χ3v) is 3.37. The predicted molar refractivity (Wildman–Crippen MR) is 97.5 cm³/mol. The van der Waals surface area contributed by atoms with Crippen molar-refractivity contribution in [2.24, 2.45) is 9.98 Å². The number of rotatable bonds is 7. The molecule has 0 amide bonds. The van der Waals surface area contributed by atoms with Crippen molar-refractivity contribution >= 4 is 37.6 Å². The summed E-state index contributed by atoms with van der Waals surface area (Å²) in [6.07, 6.45) is 3.16. The topological polar surface area (TPSA) is 106 Å². The van der Waals surface area contributed by atoms with Gasteiger partial charge in [0.2, 0.25) is 0 Å². The van der Waals surface area contributed by atoms with Crippen LogP contribution >= 0.6 is 0 Å². The minimum absolute atomic E-state index is 0.399. The van der Waals surface area contributed by atoms with Crippen LogP contribution in [-0.4, -0.2) is 59.9 Å². The largest absolute Gasteiger partial charge is 0.489 e. The van der Waals surface area contributed by atoms with Crippen LogP contribution in [0, 0.1) is 0 Å². The molecule has 0 saturated heterocycles. The van der Waals surface area contributed by atoms with Crippen molar-refractivity contribution in [2.45, 2.75) is 0 Å². The van der Waals surface area contributed by atoms with Crippen molar-refractivity contribution in [3.05, 3.63) is 59.7 Å². The Balaban J connectivity index is 1.92. The minimum atomic E-state index is -1.54. The number of benzene rings is 2. The number of nitrogens with zero attached hydrogens (tertiary/aromatic N) is 2. The first kappa shape index (κ1) is 18.1. The predicted octanol–water partition coefficient (Wildman–Crippen LogP) is -1.42. The van der Waals surface area contributed by atoms with Crippen molar-refractivity contribution in [1.29, 1.82) is 0 Å². The van der Waals surface area contributed by atoms with E-state index in [4.69, 9.17) is 0 Å². The van der Waals surface area contributed by atoms with Gasteiger partial charge >= 0.3 is 14.2 Å². The summed E-state index contributed by atoms with van der Waals surface area (Å²) in [5, 5.41) is 37.1. The molecule has 2 aromatic carbocycles. The molecule has 0 fully saturated rings. The molecule has 6 nitrogen and oxygen atoms in total. The highest BCUT2D eigenvalue weighted by atomic mass is 16.4. The van der Waals surface area contributed by atoms with Crippen LogP contribution in [0.4, 0.5) is 0 Å². The van der Waals surface area contributed by atoms with Gasteiger partial charge in [-0.25, -0.2) is 0 Å². The molecule has 0 unspecified atom stereocenters. The summed E-state index contributed by atoms with van der Waals surface area (Å²) in [5.41, 5.74) is 2.08. The Hall–Kier alpha value is -2.25. The SMILES string of the molecule is OB(O)c1ccccc1C=NCCN=Cc1ccccc1B(O)O. The van der Waals surface area contributed by atoms with Gasteiger partial charge in [0.05, 0.1) is 13.1 Å². The molecule has 2 rings (SSSR count). The summed E-state index contributed by atoms with van der Waals surface area (Å²) < 4.78 is 0. The van der Waals surface area contributed by atoms with E-state index in [1.165, 1.54) is 0 Å². The smallest absolute Gasteiger partial charge is 0.423 e. The fourth-order valence-corrected chi connectivity index (χ4v) is 2.17. The van der Waals surface area contributed by atoms with Gasteiger partial charge in [0, 0.05) is 12.4 Å². The van der Waals surface area contributed by atoms with E-state index in [9.17, 15) is 20.1 Å². The van der Waals surface area contributed by atoms with Gasteiger partial charge in [0.1, 0.15) is 0 Å². The second-order valence-corrected chi connectivity index (χ2v) is 5.08. The van der Waals surface area contributed by atoms with E-state index in [1.54, 1.807) is 61.0 Å². The molecule has 0 saturated carbocycles. The van der Waals surface area contributed by atoms with E-state index < -0.39 is 14.2 Å². The van der Waals surface area contributed by atoms with Gasteiger partial charge in [-0.1, -0.05) is 48.5 Å². The van der Waals surface area contributed by atoms with Crippen LogP contribution in [0.15, 0.2) is 58.5 Å². The number of hydrogen-bond donors (Lipinski definition) is 4. The second kappa shape index (κ2) is 9.14. The summed E-state index contributed by atoms with van der Waals surface area (Å²) in [5.74, 6) is 0. The van der Waals surface area contributed by atoms with E-state index in [1.807, 2.05) is 0 Å². The summed E-state index contributed by atoms with van der Waals surface area (Å²) in [7, 11) is -3.07. The monoisotopic (exact) mass is 324 g/mol. The third-order valence-electron chi connectivity index (χ3n) is 3.37.